The van der Waals surface area contributed by atoms with Gasteiger partial charge in [-0.25, -0.2) is 4.98 Å². The molecule has 0 amide bonds. The molecule has 2 unspecified atom stereocenters. The van der Waals surface area contributed by atoms with Crippen LogP contribution in [-0.2, 0) is 17.6 Å². The van der Waals surface area contributed by atoms with Crippen molar-refractivity contribution in [2.45, 2.75) is 57.2 Å². The molecule has 8 rings (SSSR count). The molecule has 2 bridgehead atoms. The fourth-order valence-corrected chi connectivity index (χ4v) is 6.68. The molecule has 5 aromatic rings. The smallest absolute Gasteiger partial charge is 0.269 e. The summed E-state index contributed by atoms with van der Waals surface area (Å²) < 4.78 is 11.7. The Bertz CT molecular complexity index is 1680. The van der Waals surface area contributed by atoms with Crippen LogP contribution in [0.3, 0.4) is 0 Å². The van der Waals surface area contributed by atoms with Crippen molar-refractivity contribution in [1.29, 1.82) is 0 Å². The quantitative estimate of drug-likeness (QED) is 0.339. The lowest BCUT2D eigenvalue weighted by Crippen LogP contribution is -2.66. The van der Waals surface area contributed by atoms with Gasteiger partial charge in [0.15, 0.2) is 11.3 Å². The molecule has 3 aliphatic rings. The van der Waals surface area contributed by atoms with Gasteiger partial charge in [0.1, 0.15) is 5.69 Å². The van der Waals surface area contributed by atoms with Crippen LogP contribution >= 0.6 is 0 Å². The number of morpholine rings is 1. The van der Waals surface area contributed by atoms with Crippen molar-refractivity contribution in [3.8, 4) is 34.3 Å². The van der Waals surface area contributed by atoms with Crippen LogP contribution in [0.2, 0.25) is 0 Å². The minimum absolute atomic E-state index is 0.342. The number of fused-ring (bicyclic) bond motifs is 4. The highest BCUT2D eigenvalue weighted by molar-refractivity contribution is 5.91. The molecule has 6 heterocycles. The maximum absolute atomic E-state index is 6.00. The number of nitrogens with one attached hydrogen (secondary N) is 1. The molecule has 3 atom stereocenters. The molecule has 4 aromatic heterocycles. The summed E-state index contributed by atoms with van der Waals surface area (Å²) in [5, 5.41) is 16.8. The second kappa shape index (κ2) is 9.07. The van der Waals surface area contributed by atoms with Crippen molar-refractivity contribution in [2.75, 3.05) is 13.2 Å². The number of ether oxygens (including phenoxy) is 1. The minimum Gasteiger partial charge on any atom is -0.413 e. The van der Waals surface area contributed by atoms with Crippen molar-refractivity contribution in [3.05, 3.63) is 65.5 Å². The van der Waals surface area contributed by atoms with Gasteiger partial charge in [0.2, 0.25) is 0 Å². The highest BCUT2D eigenvalue weighted by Crippen LogP contribution is 2.38. The Morgan fingerprint density at radius 3 is 2.51 bits per heavy atom. The number of aromatic amines is 1. The maximum Gasteiger partial charge on any atom is 0.269 e. The molecular formula is C30H29N7O2. The summed E-state index contributed by atoms with van der Waals surface area (Å²) in [6.45, 7) is 3.78. The predicted molar refractivity (Wildman–Crippen MR) is 146 cm³/mol. The molecule has 2 aliphatic heterocycles. The van der Waals surface area contributed by atoms with E-state index in [1.807, 2.05) is 25.3 Å². The van der Waals surface area contributed by atoms with Crippen LogP contribution in [0.25, 0.3) is 45.3 Å². The summed E-state index contributed by atoms with van der Waals surface area (Å²) in [6, 6.07) is 14.8. The third-order valence-electron chi connectivity index (χ3n) is 8.72. The average Bonchev–Trinajstić information content (AvgIpc) is 3.57. The number of nitrogens with zero attached hydrogens (tertiary/aromatic N) is 6. The zero-order valence-electron chi connectivity index (χ0n) is 21.8. The summed E-state index contributed by atoms with van der Waals surface area (Å²) in [5.74, 6) is 0.719. The molecule has 0 radical (unpaired) electrons. The third kappa shape index (κ3) is 3.87. The van der Waals surface area contributed by atoms with Gasteiger partial charge in [0.25, 0.3) is 11.8 Å². The SMILES string of the molecule is Cc1cccnc1-c1nnc(-c2n[nH]c3ncc(-c4ccc5c(c4)CC[C@@H](N4C6COCC4C6)CC5)cc23)o1. The Labute approximate surface area is 225 Å². The molecule has 1 aliphatic carbocycles. The molecule has 0 saturated carbocycles. The van der Waals surface area contributed by atoms with Crippen LogP contribution in [0.1, 0.15) is 36.0 Å². The molecule has 0 spiro atoms. The summed E-state index contributed by atoms with van der Waals surface area (Å²) in [7, 11) is 0. The lowest BCUT2D eigenvalue weighted by atomic mass is 9.87. The minimum atomic E-state index is 0.342. The number of aromatic nitrogens is 6. The van der Waals surface area contributed by atoms with Gasteiger partial charge >= 0.3 is 0 Å². The van der Waals surface area contributed by atoms with Crippen molar-refractivity contribution >= 4 is 11.0 Å². The molecule has 39 heavy (non-hydrogen) atoms. The summed E-state index contributed by atoms with van der Waals surface area (Å²) in [5.41, 5.74) is 8.06. The maximum atomic E-state index is 6.00. The number of benzene rings is 1. The van der Waals surface area contributed by atoms with E-state index in [4.69, 9.17) is 9.15 Å². The first-order valence-corrected chi connectivity index (χ1v) is 13.8. The fourth-order valence-electron chi connectivity index (χ4n) is 6.68. The van der Waals surface area contributed by atoms with Gasteiger partial charge < -0.3 is 9.15 Å². The molecule has 1 N–H and O–H groups in total. The van der Waals surface area contributed by atoms with Crippen LogP contribution in [-0.4, -0.2) is 66.6 Å². The largest absolute Gasteiger partial charge is 0.413 e. The van der Waals surface area contributed by atoms with E-state index in [2.05, 4.69) is 59.5 Å². The van der Waals surface area contributed by atoms with Crippen LogP contribution in [0.4, 0.5) is 0 Å². The van der Waals surface area contributed by atoms with Gasteiger partial charge in [-0.1, -0.05) is 24.3 Å². The van der Waals surface area contributed by atoms with Crippen LogP contribution in [0.5, 0.6) is 0 Å². The van der Waals surface area contributed by atoms with E-state index in [0.717, 1.165) is 42.6 Å². The van der Waals surface area contributed by atoms with Crippen molar-refractivity contribution in [2.24, 2.45) is 0 Å². The van der Waals surface area contributed by atoms with E-state index < -0.39 is 0 Å². The van der Waals surface area contributed by atoms with E-state index in [-0.39, 0.29) is 0 Å². The lowest BCUT2D eigenvalue weighted by Gasteiger charge is -2.56. The monoisotopic (exact) mass is 519 g/mol. The molecule has 2 fully saturated rings. The standard InChI is InChI=1S/C30H29N7O2/c1-17-3-2-10-31-26(17)29-35-36-30(39-29)27-25-12-21(14-32-28(25)34-33-27)20-5-4-18-6-8-22(9-7-19(18)11-20)37-23-13-24(37)16-38-15-23/h2-5,10-12,14,22-24H,6-9,13,15-16H2,1H3,(H,32,33,34)/t22-,23?,24?/m0/s1. The topological polar surface area (TPSA) is 106 Å². The molecule has 1 aromatic carbocycles. The highest BCUT2D eigenvalue weighted by Gasteiger charge is 2.45. The van der Waals surface area contributed by atoms with Crippen molar-refractivity contribution in [3.63, 3.8) is 0 Å². The fraction of sp³-hybridized carbons (Fsp3) is 0.367. The number of hydrogen-bond donors (Lipinski definition) is 1. The Morgan fingerprint density at radius 1 is 0.872 bits per heavy atom. The van der Waals surface area contributed by atoms with Crippen molar-refractivity contribution < 1.29 is 9.15 Å². The molecule has 9 nitrogen and oxygen atoms in total. The molecule has 9 heteroatoms. The predicted octanol–water partition coefficient (Wildman–Crippen LogP) is 4.77. The van der Waals surface area contributed by atoms with Gasteiger partial charge in [0, 0.05) is 36.1 Å². The second-order valence-electron chi connectivity index (χ2n) is 11.0. The highest BCUT2D eigenvalue weighted by atomic mass is 16.5. The van der Waals surface area contributed by atoms with E-state index in [1.54, 1.807) is 6.20 Å². The van der Waals surface area contributed by atoms with E-state index >= 15 is 0 Å². The van der Waals surface area contributed by atoms with Gasteiger partial charge in [-0.2, -0.15) is 5.10 Å². The van der Waals surface area contributed by atoms with Gasteiger partial charge in [0.05, 0.1) is 18.6 Å². The zero-order chi connectivity index (χ0) is 25.9. The van der Waals surface area contributed by atoms with Crippen molar-refractivity contribution in [1.82, 2.24) is 35.3 Å². The van der Waals surface area contributed by atoms with E-state index in [1.165, 1.54) is 36.0 Å². The Balaban J connectivity index is 1.08. The lowest BCUT2D eigenvalue weighted by molar-refractivity contribution is -0.148. The Morgan fingerprint density at radius 2 is 1.69 bits per heavy atom. The normalized spacial score (nSPS) is 22.8. The first-order chi connectivity index (χ1) is 19.2. The average molecular weight is 520 g/mol. The summed E-state index contributed by atoms with van der Waals surface area (Å²) >= 11 is 0. The summed E-state index contributed by atoms with van der Waals surface area (Å²) in [4.78, 5) is 11.8. The van der Waals surface area contributed by atoms with E-state index in [0.29, 0.717) is 46.9 Å². The molecule has 2 saturated heterocycles. The van der Waals surface area contributed by atoms with Gasteiger partial charge in [-0.3, -0.25) is 15.0 Å². The zero-order valence-corrected chi connectivity index (χ0v) is 21.8. The number of rotatable bonds is 4. The van der Waals surface area contributed by atoms with Crippen LogP contribution in [0, 0.1) is 6.92 Å². The molecule has 196 valence electrons. The molecular weight excluding hydrogens is 490 g/mol. The number of H-pyrrole nitrogens is 1. The van der Waals surface area contributed by atoms with Gasteiger partial charge in [-0.15, -0.1) is 10.2 Å². The summed E-state index contributed by atoms with van der Waals surface area (Å²) in [6.07, 6.45) is 9.62. The first kappa shape index (κ1) is 23.0. The van der Waals surface area contributed by atoms with Crippen LogP contribution in [0.15, 0.2) is 53.2 Å². The Kier molecular flexibility index (Phi) is 5.34. The second-order valence-corrected chi connectivity index (χ2v) is 11.0. The van der Waals surface area contributed by atoms with Crippen LogP contribution < -0.4 is 0 Å². The van der Waals surface area contributed by atoms with Gasteiger partial charge in [-0.05, 0) is 73.4 Å². The number of hydrogen-bond acceptors (Lipinski definition) is 8. The first-order valence-electron chi connectivity index (χ1n) is 13.8. The number of aryl methyl sites for hydroxylation is 3. The number of pyridine rings is 2. The Hall–Kier alpha value is -3.95. The van der Waals surface area contributed by atoms with E-state index in [9.17, 15) is 0 Å². The third-order valence-corrected chi connectivity index (χ3v) is 8.72.